The van der Waals surface area contributed by atoms with Crippen molar-refractivity contribution in [1.82, 2.24) is 9.97 Å². The summed E-state index contributed by atoms with van der Waals surface area (Å²) in [4.78, 5) is 22.8. The molecule has 2 atom stereocenters. The molecule has 1 aliphatic heterocycles. The summed E-state index contributed by atoms with van der Waals surface area (Å²) >= 11 is 1.23. The molecule has 1 saturated heterocycles. The SMILES string of the molecule is C[C@H]1C[C@H](C)CN(c2cc(SCC(=O)Nc3cc(F)ccc3F)ncn2)C1. The minimum absolute atomic E-state index is 0.0409. The first-order chi connectivity index (χ1) is 12.9. The minimum atomic E-state index is -0.674. The van der Waals surface area contributed by atoms with Crippen molar-refractivity contribution in [2.75, 3.05) is 29.1 Å². The maximum Gasteiger partial charge on any atom is 0.234 e. The van der Waals surface area contributed by atoms with Gasteiger partial charge in [0.1, 0.15) is 28.8 Å². The molecule has 1 aliphatic rings. The molecule has 3 rings (SSSR count). The average molecular weight is 392 g/mol. The number of aromatic nitrogens is 2. The summed E-state index contributed by atoms with van der Waals surface area (Å²) < 4.78 is 26.8. The molecule has 1 aromatic carbocycles. The third kappa shape index (κ3) is 5.38. The minimum Gasteiger partial charge on any atom is -0.356 e. The van der Waals surface area contributed by atoms with Crippen LogP contribution in [-0.2, 0) is 4.79 Å². The summed E-state index contributed by atoms with van der Waals surface area (Å²) in [5.74, 6) is 0.391. The molecule has 144 valence electrons. The highest BCUT2D eigenvalue weighted by molar-refractivity contribution is 7.99. The van der Waals surface area contributed by atoms with Gasteiger partial charge in [-0.15, -0.1) is 0 Å². The van der Waals surface area contributed by atoms with Crippen molar-refractivity contribution in [2.24, 2.45) is 11.8 Å². The van der Waals surface area contributed by atoms with E-state index in [1.807, 2.05) is 6.07 Å². The number of carbonyl (C=O) groups is 1. The highest BCUT2D eigenvalue weighted by atomic mass is 32.2. The fourth-order valence-electron chi connectivity index (χ4n) is 3.35. The van der Waals surface area contributed by atoms with E-state index in [2.05, 4.69) is 34.0 Å². The number of thioether (sulfide) groups is 1. The zero-order valence-corrected chi connectivity index (χ0v) is 16.1. The Bertz CT molecular complexity index is 810. The molecule has 5 nitrogen and oxygen atoms in total. The molecular weight excluding hydrogens is 370 g/mol. The quantitative estimate of drug-likeness (QED) is 0.616. The number of hydrogen-bond donors (Lipinski definition) is 1. The van der Waals surface area contributed by atoms with Crippen molar-refractivity contribution >= 4 is 29.2 Å². The van der Waals surface area contributed by atoms with Gasteiger partial charge in [-0.3, -0.25) is 4.79 Å². The Morgan fingerprint density at radius 3 is 2.70 bits per heavy atom. The van der Waals surface area contributed by atoms with Gasteiger partial charge < -0.3 is 10.2 Å². The van der Waals surface area contributed by atoms with Crippen LogP contribution in [0.3, 0.4) is 0 Å². The molecule has 2 aromatic rings. The zero-order chi connectivity index (χ0) is 19.4. The molecule has 2 heterocycles. The van der Waals surface area contributed by atoms with E-state index in [1.54, 1.807) is 0 Å². The standard InChI is InChI=1S/C19H22F2N4OS/c1-12-5-13(2)9-25(8-12)17-7-19(23-11-22-17)27-10-18(26)24-16-6-14(20)3-4-15(16)21/h3-4,6-7,11-13H,5,8-10H2,1-2H3,(H,24,26)/t12-,13-/m0/s1. The Labute approximate surface area is 161 Å². The molecule has 1 fully saturated rings. The first-order valence-electron chi connectivity index (χ1n) is 8.85. The molecule has 0 radical (unpaired) electrons. The topological polar surface area (TPSA) is 58.1 Å². The van der Waals surface area contributed by atoms with E-state index < -0.39 is 17.5 Å². The van der Waals surface area contributed by atoms with Gasteiger partial charge >= 0.3 is 0 Å². The lowest BCUT2D eigenvalue weighted by Crippen LogP contribution is -2.39. The van der Waals surface area contributed by atoms with E-state index in [4.69, 9.17) is 0 Å². The monoisotopic (exact) mass is 392 g/mol. The summed E-state index contributed by atoms with van der Waals surface area (Å²) in [5.41, 5.74) is -0.166. The Morgan fingerprint density at radius 1 is 1.22 bits per heavy atom. The Morgan fingerprint density at radius 2 is 1.96 bits per heavy atom. The Balaban J connectivity index is 1.59. The van der Waals surface area contributed by atoms with Gasteiger partial charge in [0.15, 0.2) is 0 Å². The number of halogens is 2. The van der Waals surface area contributed by atoms with Crippen molar-refractivity contribution in [3.63, 3.8) is 0 Å². The van der Waals surface area contributed by atoms with Crippen LogP contribution in [0.5, 0.6) is 0 Å². The van der Waals surface area contributed by atoms with Crippen molar-refractivity contribution in [3.05, 3.63) is 42.2 Å². The summed E-state index contributed by atoms with van der Waals surface area (Å²) in [6.45, 7) is 6.36. The highest BCUT2D eigenvalue weighted by Crippen LogP contribution is 2.27. The van der Waals surface area contributed by atoms with Gasteiger partial charge in [-0.1, -0.05) is 25.6 Å². The predicted octanol–water partition coefficient (Wildman–Crippen LogP) is 3.97. The second-order valence-corrected chi connectivity index (χ2v) is 8.02. The fourth-order valence-corrected chi connectivity index (χ4v) is 4.01. The number of piperidine rings is 1. The number of nitrogens with zero attached hydrogens (tertiary/aromatic N) is 3. The summed E-state index contributed by atoms with van der Waals surface area (Å²) in [6, 6.07) is 4.81. The lowest BCUT2D eigenvalue weighted by atomic mass is 9.92. The van der Waals surface area contributed by atoms with Gasteiger partial charge in [0.05, 0.1) is 11.4 Å². The molecule has 0 unspecified atom stereocenters. The number of anilines is 2. The van der Waals surface area contributed by atoms with Crippen LogP contribution in [0.2, 0.25) is 0 Å². The van der Waals surface area contributed by atoms with Crippen LogP contribution in [-0.4, -0.2) is 34.7 Å². The molecule has 1 aromatic heterocycles. The van der Waals surface area contributed by atoms with E-state index in [9.17, 15) is 13.6 Å². The van der Waals surface area contributed by atoms with Gasteiger partial charge in [0.2, 0.25) is 5.91 Å². The third-order valence-electron chi connectivity index (χ3n) is 4.37. The number of rotatable bonds is 5. The van der Waals surface area contributed by atoms with Crippen molar-refractivity contribution in [2.45, 2.75) is 25.3 Å². The second-order valence-electron chi connectivity index (χ2n) is 7.03. The zero-order valence-electron chi connectivity index (χ0n) is 15.3. The van der Waals surface area contributed by atoms with E-state index in [0.29, 0.717) is 16.9 Å². The number of carbonyl (C=O) groups excluding carboxylic acids is 1. The maximum absolute atomic E-state index is 13.6. The predicted molar refractivity (Wildman–Crippen MR) is 103 cm³/mol. The molecule has 0 saturated carbocycles. The van der Waals surface area contributed by atoms with Gasteiger partial charge in [-0.25, -0.2) is 18.7 Å². The maximum atomic E-state index is 13.6. The molecule has 0 bridgehead atoms. The molecular formula is C19H22F2N4OS. The van der Waals surface area contributed by atoms with E-state index in [0.717, 1.165) is 37.1 Å². The first-order valence-corrected chi connectivity index (χ1v) is 9.84. The van der Waals surface area contributed by atoms with Crippen LogP contribution in [0.4, 0.5) is 20.3 Å². The van der Waals surface area contributed by atoms with Crippen LogP contribution in [0, 0.1) is 23.5 Å². The van der Waals surface area contributed by atoms with Crippen molar-refractivity contribution in [3.8, 4) is 0 Å². The third-order valence-corrected chi connectivity index (χ3v) is 5.30. The smallest absolute Gasteiger partial charge is 0.234 e. The lowest BCUT2D eigenvalue weighted by molar-refractivity contribution is -0.113. The van der Waals surface area contributed by atoms with E-state index >= 15 is 0 Å². The van der Waals surface area contributed by atoms with E-state index in [-0.39, 0.29) is 11.4 Å². The normalized spacial score (nSPS) is 19.8. The molecule has 0 aliphatic carbocycles. The largest absolute Gasteiger partial charge is 0.356 e. The van der Waals surface area contributed by atoms with Crippen molar-refractivity contribution in [1.29, 1.82) is 0 Å². The number of benzene rings is 1. The Kier molecular flexibility index (Phi) is 6.26. The van der Waals surface area contributed by atoms with Crippen molar-refractivity contribution < 1.29 is 13.6 Å². The Hall–Kier alpha value is -2.22. The average Bonchev–Trinajstić information content (AvgIpc) is 2.62. The first kappa shape index (κ1) is 19.5. The molecule has 1 N–H and O–H groups in total. The fraction of sp³-hybridized carbons (Fsp3) is 0.421. The van der Waals surface area contributed by atoms with E-state index in [1.165, 1.54) is 24.5 Å². The number of nitrogens with one attached hydrogen (secondary N) is 1. The van der Waals surface area contributed by atoms with Crippen LogP contribution in [0.25, 0.3) is 0 Å². The van der Waals surface area contributed by atoms with Crippen LogP contribution in [0.1, 0.15) is 20.3 Å². The van der Waals surface area contributed by atoms with Gasteiger partial charge in [0, 0.05) is 25.2 Å². The van der Waals surface area contributed by atoms with Gasteiger partial charge in [-0.2, -0.15) is 0 Å². The molecule has 27 heavy (non-hydrogen) atoms. The van der Waals surface area contributed by atoms with Crippen LogP contribution in [0.15, 0.2) is 35.6 Å². The molecule has 0 spiro atoms. The summed E-state index contributed by atoms with van der Waals surface area (Å²) in [7, 11) is 0. The van der Waals surface area contributed by atoms with Crippen LogP contribution < -0.4 is 10.2 Å². The summed E-state index contributed by atoms with van der Waals surface area (Å²) in [6.07, 6.45) is 2.70. The van der Waals surface area contributed by atoms with Crippen LogP contribution >= 0.6 is 11.8 Å². The lowest BCUT2D eigenvalue weighted by Gasteiger charge is -2.35. The molecule has 1 amide bonds. The highest BCUT2D eigenvalue weighted by Gasteiger charge is 2.23. The second kappa shape index (κ2) is 8.65. The number of amides is 1. The van der Waals surface area contributed by atoms with Gasteiger partial charge in [0.25, 0.3) is 0 Å². The summed E-state index contributed by atoms with van der Waals surface area (Å²) in [5, 5.41) is 3.05. The molecule has 8 heteroatoms. The number of hydrogen-bond acceptors (Lipinski definition) is 5. The van der Waals surface area contributed by atoms with Gasteiger partial charge in [-0.05, 0) is 30.4 Å².